The first-order valence-electron chi connectivity index (χ1n) is 9.31. The summed E-state index contributed by atoms with van der Waals surface area (Å²) in [6.45, 7) is 3.66. The van der Waals surface area contributed by atoms with Crippen LogP contribution < -0.4 is 0 Å². The van der Waals surface area contributed by atoms with Crippen LogP contribution in [0.5, 0.6) is 0 Å². The lowest BCUT2D eigenvalue weighted by molar-refractivity contribution is 0.0627. The van der Waals surface area contributed by atoms with Gasteiger partial charge in [0.15, 0.2) is 5.65 Å². The molecule has 1 aromatic carbocycles. The van der Waals surface area contributed by atoms with Crippen molar-refractivity contribution in [2.24, 2.45) is 0 Å². The summed E-state index contributed by atoms with van der Waals surface area (Å²) in [5.74, 6) is 0.129. The third kappa shape index (κ3) is 3.34. The highest BCUT2D eigenvalue weighted by Crippen LogP contribution is 2.27. The van der Waals surface area contributed by atoms with Gasteiger partial charge >= 0.3 is 0 Å². The molecule has 0 atom stereocenters. The van der Waals surface area contributed by atoms with Gasteiger partial charge in [0.05, 0.1) is 18.1 Å². The molecule has 1 saturated carbocycles. The van der Waals surface area contributed by atoms with Crippen molar-refractivity contribution in [3.05, 3.63) is 52.1 Å². The van der Waals surface area contributed by atoms with Crippen LogP contribution in [0.3, 0.4) is 0 Å². The smallest absolute Gasteiger partial charge is 0.253 e. The molecule has 1 aliphatic heterocycles. The average molecular weight is 473 g/mol. The van der Waals surface area contributed by atoms with Gasteiger partial charge in [-0.3, -0.25) is 19.1 Å². The number of halogens is 1. The molecule has 1 aliphatic carbocycles. The molecule has 2 aromatic heterocycles. The lowest BCUT2D eigenvalue weighted by Gasteiger charge is -2.34. The Morgan fingerprint density at radius 2 is 1.74 bits per heavy atom. The summed E-state index contributed by atoms with van der Waals surface area (Å²) in [7, 11) is 0. The van der Waals surface area contributed by atoms with Crippen molar-refractivity contribution in [3.8, 4) is 11.3 Å². The molecule has 138 valence electrons. The van der Waals surface area contributed by atoms with Gasteiger partial charge in [0.1, 0.15) is 3.70 Å². The summed E-state index contributed by atoms with van der Waals surface area (Å²) in [6.07, 6.45) is 8.24. The molecule has 2 aliphatic rings. The number of amides is 1. The maximum absolute atomic E-state index is 12.8. The molecule has 5 rings (SSSR count). The van der Waals surface area contributed by atoms with Gasteiger partial charge in [0.25, 0.3) is 5.91 Å². The lowest BCUT2D eigenvalue weighted by Crippen LogP contribution is -2.49. The quantitative estimate of drug-likeness (QED) is 0.550. The van der Waals surface area contributed by atoms with Gasteiger partial charge in [-0.15, -0.1) is 0 Å². The average Bonchev–Trinajstić information content (AvgIpc) is 3.51. The van der Waals surface area contributed by atoms with Gasteiger partial charge in [-0.05, 0) is 47.6 Å². The predicted octanol–water partition coefficient (Wildman–Crippen LogP) is 2.92. The number of aromatic nitrogens is 3. The van der Waals surface area contributed by atoms with E-state index >= 15 is 0 Å². The molecule has 0 unspecified atom stereocenters. The fourth-order valence-corrected chi connectivity index (χ4v) is 4.23. The Labute approximate surface area is 171 Å². The van der Waals surface area contributed by atoms with Crippen LogP contribution >= 0.6 is 22.6 Å². The maximum atomic E-state index is 12.8. The number of imidazole rings is 1. The first kappa shape index (κ1) is 17.1. The minimum Gasteiger partial charge on any atom is -0.336 e. The number of fused-ring (bicyclic) bond motifs is 1. The molecule has 6 nitrogen and oxygen atoms in total. The number of hydrogen-bond donors (Lipinski definition) is 0. The Kier molecular flexibility index (Phi) is 4.35. The Balaban J connectivity index is 1.31. The Hall–Kier alpha value is -2.00. The molecular formula is C20H20IN5O. The fourth-order valence-electron chi connectivity index (χ4n) is 3.70. The van der Waals surface area contributed by atoms with Gasteiger partial charge < -0.3 is 4.90 Å². The molecule has 27 heavy (non-hydrogen) atoms. The zero-order chi connectivity index (χ0) is 18.4. The molecule has 0 bridgehead atoms. The standard InChI is InChI=1S/C20H20IN5O/c21-18-11-23-19-12-22-17(13-26(18)19)14-1-3-15(4-2-14)20(27)25-9-7-24(8-10-25)16-5-6-16/h1-4,11-13,16H,5-10H2. The molecule has 0 spiro atoms. The highest BCUT2D eigenvalue weighted by molar-refractivity contribution is 14.1. The van der Waals surface area contributed by atoms with Gasteiger partial charge in [0.2, 0.25) is 0 Å². The molecule has 1 saturated heterocycles. The van der Waals surface area contributed by atoms with Crippen LogP contribution in [0.15, 0.2) is 42.9 Å². The van der Waals surface area contributed by atoms with E-state index < -0.39 is 0 Å². The number of hydrogen-bond acceptors (Lipinski definition) is 4. The summed E-state index contributed by atoms with van der Waals surface area (Å²) < 4.78 is 3.06. The summed E-state index contributed by atoms with van der Waals surface area (Å²) >= 11 is 2.26. The molecule has 2 fully saturated rings. The van der Waals surface area contributed by atoms with Gasteiger partial charge in [-0.1, -0.05) is 12.1 Å². The van der Waals surface area contributed by atoms with E-state index in [4.69, 9.17) is 0 Å². The van der Waals surface area contributed by atoms with E-state index in [9.17, 15) is 4.79 Å². The van der Waals surface area contributed by atoms with Crippen molar-refractivity contribution in [3.63, 3.8) is 0 Å². The Morgan fingerprint density at radius 3 is 2.44 bits per heavy atom. The van der Waals surface area contributed by atoms with Crippen LogP contribution in [0.25, 0.3) is 16.9 Å². The predicted molar refractivity (Wildman–Crippen MR) is 112 cm³/mol. The van der Waals surface area contributed by atoms with Crippen LogP contribution in [0.4, 0.5) is 0 Å². The largest absolute Gasteiger partial charge is 0.336 e. The summed E-state index contributed by atoms with van der Waals surface area (Å²) in [4.78, 5) is 26.1. The molecular weight excluding hydrogens is 453 g/mol. The number of nitrogens with zero attached hydrogens (tertiary/aromatic N) is 5. The van der Waals surface area contributed by atoms with E-state index in [1.165, 1.54) is 12.8 Å². The van der Waals surface area contributed by atoms with Crippen molar-refractivity contribution in [2.45, 2.75) is 18.9 Å². The minimum atomic E-state index is 0.129. The number of rotatable bonds is 3. The normalized spacial score (nSPS) is 18.2. The Bertz CT molecular complexity index is 987. The van der Waals surface area contributed by atoms with E-state index in [2.05, 4.69) is 37.5 Å². The summed E-state index contributed by atoms with van der Waals surface area (Å²) in [6, 6.07) is 8.56. The molecule has 3 heterocycles. The van der Waals surface area contributed by atoms with Crippen molar-refractivity contribution in [1.29, 1.82) is 0 Å². The van der Waals surface area contributed by atoms with E-state index in [1.807, 2.05) is 46.0 Å². The third-order valence-electron chi connectivity index (χ3n) is 5.44. The number of carbonyl (C=O) groups is 1. The van der Waals surface area contributed by atoms with Gasteiger partial charge in [0, 0.05) is 49.5 Å². The van der Waals surface area contributed by atoms with Crippen LogP contribution in [0, 0.1) is 3.70 Å². The number of piperazine rings is 1. The molecule has 3 aromatic rings. The van der Waals surface area contributed by atoms with Crippen molar-refractivity contribution < 1.29 is 4.79 Å². The van der Waals surface area contributed by atoms with Crippen LogP contribution in [0.2, 0.25) is 0 Å². The maximum Gasteiger partial charge on any atom is 0.253 e. The number of carbonyl (C=O) groups excluding carboxylic acids is 1. The second-order valence-electron chi connectivity index (χ2n) is 7.22. The SMILES string of the molecule is O=C(c1ccc(-c2cn3c(I)cnc3cn2)cc1)N1CCN(C2CC2)CC1. The van der Waals surface area contributed by atoms with E-state index in [1.54, 1.807) is 6.20 Å². The van der Waals surface area contributed by atoms with Gasteiger partial charge in [-0.2, -0.15) is 0 Å². The van der Waals surface area contributed by atoms with Gasteiger partial charge in [-0.25, -0.2) is 4.98 Å². The van der Waals surface area contributed by atoms with Crippen LogP contribution in [-0.2, 0) is 0 Å². The van der Waals surface area contributed by atoms with E-state index in [0.29, 0.717) is 0 Å². The Morgan fingerprint density at radius 1 is 1.00 bits per heavy atom. The van der Waals surface area contributed by atoms with E-state index in [0.717, 1.165) is 58.4 Å². The minimum absolute atomic E-state index is 0.129. The van der Waals surface area contributed by atoms with Crippen LogP contribution in [0.1, 0.15) is 23.2 Å². The second kappa shape index (κ2) is 6.87. The van der Waals surface area contributed by atoms with Crippen molar-refractivity contribution in [2.75, 3.05) is 26.2 Å². The summed E-state index contributed by atoms with van der Waals surface area (Å²) in [5.41, 5.74) is 3.45. The van der Waals surface area contributed by atoms with Crippen molar-refractivity contribution >= 4 is 34.1 Å². The third-order valence-corrected chi connectivity index (χ3v) is 6.24. The fraction of sp³-hybridized carbons (Fsp3) is 0.350. The zero-order valence-corrected chi connectivity index (χ0v) is 17.0. The molecule has 7 heteroatoms. The number of benzene rings is 1. The first-order chi connectivity index (χ1) is 13.2. The van der Waals surface area contributed by atoms with E-state index in [-0.39, 0.29) is 5.91 Å². The highest BCUT2D eigenvalue weighted by atomic mass is 127. The monoisotopic (exact) mass is 473 g/mol. The molecule has 0 N–H and O–H groups in total. The summed E-state index contributed by atoms with van der Waals surface area (Å²) in [5, 5.41) is 0. The van der Waals surface area contributed by atoms with Crippen molar-refractivity contribution in [1.82, 2.24) is 24.2 Å². The first-order valence-corrected chi connectivity index (χ1v) is 10.4. The topological polar surface area (TPSA) is 53.7 Å². The molecule has 0 radical (unpaired) electrons. The zero-order valence-electron chi connectivity index (χ0n) is 14.9. The van der Waals surface area contributed by atoms with Crippen LogP contribution in [-0.4, -0.2) is 62.3 Å². The lowest BCUT2D eigenvalue weighted by atomic mass is 10.1. The second-order valence-corrected chi connectivity index (χ2v) is 8.32. The highest BCUT2D eigenvalue weighted by Gasteiger charge is 2.32. The molecule has 1 amide bonds.